The molecule has 2 aliphatic rings. The van der Waals surface area contributed by atoms with E-state index in [2.05, 4.69) is 0 Å². The second kappa shape index (κ2) is 3.33. The third kappa shape index (κ3) is 1.55. The number of fused-ring (bicyclic) bond motifs is 1. The maximum atomic E-state index is 11.4. The molecule has 0 bridgehead atoms. The summed E-state index contributed by atoms with van der Waals surface area (Å²) in [6.07, 6.45) is 0. The predicted octanol–water partition coefficient (Wildman–Crippen LogP) is -0.362. The van der Waals surface area contributed by atoms with Crippen LogP contribution in [0.15, 0.2) is 11.0 Å². The highest BCUT2D eigenvalue weighted by molar-refractivity contribution is 8.00. The zero-order valence-electron chi connectivity index (χ0n) is 7.95. The van der Waals surface area contributed by atoms with Crippen LogP contribution < -0.4 is 5.73 Å². The third-order valence-corrected chi connectivity index (χ3v) is 5.03. The maximum Gasteiger partial charge on any atom is 0.372 e. The quantitative estimate of drug-likeness (QED) is 0.433. The zero-order valence-corrected chi connectivity index (χ0v) is 9.66. The molecule has 2 atom stereocenters. The van der Waals surface area contributed by atoms with Crippen LogP contribution in [-0.4, -0.2) is 37.8 Å². The average Bonchev–Trinajstić information content (AvgIpc) is 2.14. The Bertz CT molecular complexity index is 404. The number of amides is 1. The van der Waals surface area contributed by atoms with Gasteiger partial charge < -0.3 is 15.5 Å². The molecule has 2 aliphatic heterocycles. The summed E-state index contributed by atoms with van der Waals surface area (Å²) in [6.45, 7) is 1.62. The molecule has 0 aliphatic carbocycles. The minimum Gasteiger partial charge on any atom is -0.320 e. The van der Waals surface area contributed by atoms with Gasteiger partial charge in [0.15, 0.2) is 0 Å². The lowest BCUT2D eigenvalue weighted by Gasteiger charge is -2.48. The predicted molar refractivity (Wildman–Crippen MR) is 55.8 cm³/mol. The van der Waals surface area contributed by atoms with E-state index in [0.29, 0.717) is 11.3 Å². The van der Waals surface area contributed by atoms with E-state index < -0.39 is 19.5 Å². The van der Waals surface area contributed by atoms with E-state index in [1.807, 2.05) is 0 Å². The molecule has 1 amide bonds. The van der Waals surface area contributed by atoms with E-state index in [1.54, 1.807) is 6.92 Å². The highest BCUT2D eigenvalue weighted by Gasteiger charge is 2.53. The van der Waals surface area contributed by atoms with Crippen molar-refractivity contribution in [3.05, 3.63) is 11.0 Å². The molecule has 0 aromatic heterocycles. The van der Waals surface area contributed by atoms with Crippen LogP contribution in [0.2, 0.25) is 0 Å². The first-order valence-electron chi connectivity index (χ1n) is 4.30. The van der Waals surface area contributed by atoms with Gasteiger partial charge in [-0.25, -0.2) is 0 Å². The summed E-state index contributed by atoms with van der Waals surface area (Å²) in [4.78, 5) is 30.8. The van der Waals surface area contributed by atoms with Gasteiger partial charge in [0.25, 0.3) is 0 Å². The molecule has 0 aromatic carbocycles. The maximum absolute atomic E-state index is 11.4. The molecule has 6 nitrogen and oxygen atoms in total. The monoisotopic (exact) mass is 250 g/mol. The van der Waals surface area contributed by atoms with Crippen molar-refractivity contribution in [2.75, 3.05) is 5.75 Å². The second-order valence-electron chi connectivity index (χ2n) is 3.58. The van der Waals surface area contributed by atoms with Crippen molar-refractivity contribution in [3.63, 3.8) is 0 Å². The first kappa shape index (κ1) is 11.2. The van der Waals surface area contributed by atoms with Gasteiger partial charge in [-0.1, -0.05) is 0 Å². The van der Waals surface area contributed by atoms with Gasteiger partial charge in [0, 0.05) is 5.75 Å². The lowest BCUT2D eigenvalue weighted by Crippen LogP contribution is -2.67. The largest absolute Gasteiger partial charge is 0.372 e. The van der Waals surface area contributed by atoms with Gasteiger partial charge in [-0.15, -0.1) is 11.8 Å². The fourth-order valence-electron chi connectivity index (χ4n) is 1.76. The Kier molecular flexibility index (Phi) is 2.48. The zero-order chi connectivity index (χ0) is 11.4. The summed E-state index contributed by atoms with van der Waals surface area (Å²) in [6, 6.07) is -0.635. The number of β-lactam (4-membered cyclic amide) rings is 1. The average molecular weight is 250 g/mol. The van der Waals surface area contributed by atoms with Crippen molar-refractivity contribution in [1.29, 1.82) is 0 Å². The third-order valence-electron chi connectivity index (χ3n) is 2.44. The molecule has 0 aromatic rings. The Morgan fingerprint density at radius 2 is 2.20 bits per heavy atom. The lowest BCUT2D eigenvalue weighted by molar-refractivity contribution is -0.140. The van der Waals surface area contributed by atoms with Gasteiger partial charge in [-0.05, 0) is 12.5 Å². The highest BCUT2D eigenvalue weighted by atomic mass is 32.2. The highest BCUT2D eigenvalue weighted by Crippen LogP contribution is 2.55. The summed E-state index contributed by atoms with van der Waals surface area (Å²) in [5, 5.41) is -0.316. The summed E-state index contributed by atoms with van der Waals surface area (Å²) in [5.41, 5.74) is 5.93. The molecule has 1 fully saturated rings. The first-order valence-corrected chi connectivity index (χ1v) is 6.96. The van der Waals surface area contributed by atoms with Gasteiger partial charge in [-0.3, -0.25) is 14.3 Å². The normalized spacial score (nSPS) is 31.5. The lowest BCUT2D eigenvalue weighted by atomic mass is 10.1. The molecule has 15 heavy (non-hydrogen) atoms. The number of nitrogens with two attached hydrogens (primary N) is 1. The first-order chi connectivity index (χ1) is 6.84. The molecule has 8 heteroatoms. The van der Waals surface area contributed by atoms with Gasteiger partial charge in [0.05, 0.1) is 0 Å². The van der Waals surface area contributed by atoms with E-state index in [1.165, 1.54) is 11.8 Å². The Hall–Kier alpha value is -0.330. The standard InChI is InChI=1S/C7H11N2O4PS/c1-3-2-15-7-4(8)5(10)9(7)6(3)14(11,12)13/h4,7H,2,8H2,1H3,(H2,11,12,13)/t4-,7+/m0/s1. The van der Waals surface area contributed by atoms with Crippen LogP contribution in [0.4, 0.5) is 0 Å². The van der Waals surface area contributed by atoms with Gasteiger partial charge in [0.2, 0.25) is 5.91 Å². The molecular formula is C7H11N2O4PS. The number of nitrogens with zero attached hydrogens (tertiary/aromatic N) is 1. The SMILES string of the molecule is CC1=C(P(=O)(O)O)N2C(=O)[C@H](N)[C@H]2SC1. The molecule has 2 heterocycles. The van der Waals surface area contributed by atoms with Crippen molar-refractivity contribution in [2.24, 2.45) is 5.73 Å². The smallest absolute Gasteiger partial charge is 0.320 e. The number of rotatable bonds is 1. The van der Waals surface area contributed by atoms with Gasteiger partial charge in [-0.2, -0.15) is 0 Å². The van der Waals surface area contributed by atoms with Crippen molar-refractivity contribution in [1.82, 2.24) is 4.90 Å². The fraction of sp³-hybridized carbons (Fsp3) is 0.571. The molecule has 0 radical (unpaired) electrons. The summed E-state index contributed by atoms with van der Waals surface area (Å²) < 4.78 is 11.2. The van der Waals surface area contributed by atoms with Crippen LogP contribution in [0.1, 0.15) is 6.92 Å². The number of thioether (sulfide) groups is 1. The number of carbonyl (C=O) groups excluding carboxylic acids is 1. The summed E-state index contributed by atoms with van der Waals surface area (Å²) in [5.74, 6) is 0.0904. The summed E-state index contributed by atoms with van der Waals surface area (Å²) >= 11 is 1.43. The van der Waals surface area contributed by atoms with Crippen LogP contribution in [0.5, 0.6) is 0 Å². The molecular weight excluding hydrogens is 239 g/mol. The van der Waals surface area contributed by atoms with Crippen molar-refractivity contribution in [3.8, 4) is 0 Å². The molecule has 1 saturated heterocycles. The molecule has 0 saturated carbocycles. The molecule has 0 spiro atoms. The van der Waals surface area contributed by atoms with Crippen LogP contribution in [0.25, 0.3) is 0 Å². The van der Waals surface area contributed by atoms with Gasteiger partial charge >= 0.3 is 7.60 Å². The second-order valence-corrected chi connectivity index (χ2v) is 6.20. The van der Waals surface area contributed by atoms with Crippen molar-refractivity contribution < 1.29 is 19.1 Å². The molecule has 2 rings (SSSR count). The van der Waals surface area contributed by atoms with Crippen LogP contribution in [0, 0.1) is 0 Å². The van der Waals surface area contributed by atoms with E-state index in [-0.39, 0.29) is 10.8 Å². The molecule has 4 N–H and O–H groups in total. The number of hydrogen-bond acceptors (Lipinski definition) is 4. The van der Waals surface area contributed by atoms with E-state index in [0.717, 1.165) is 4.90 Å². The topological polar surface area (TPSA) is 104 Å². The number of hydrogen-bond donors (Lipinski definition) is 3. The molecule has 0 unspecified atom stereocenters. The Morgan fingerprint density at radius 3 is 2.73 bits per heavy atom. The van der Waals surface area contributed by atoms with Crippen LogP contribution in [0.3, 0.4) is 0 Å². The van der Waals surface area contributed by atoms with E-state index >= 15 is 0 Å². The van der Waals surface area contributed by atoms with Crippen LogP contribution in [-0.2, 0) is 9.36 Å². The Morgan fingerprint density at radius 1 is 1.60 bits per heavy atom. The minimum atomic E-state index is -4.39. The Balaban J connectivity index is 2.43. The van der Waals surface area contributed by atoms with Crippen LogP contribution >= 0.6 is 19.4 Å². The van der Waals surface area contributed by atoms with E-state index in [9.17, 15) is 9.36 Å². The minimum absolute atomic E-state index is 0.155. The van der Waals surface area contributed by atoms with Crippen molar-refractivity contribution in [2.45, 2.75) is 18.3 Å². The Labute approximate surface area is 90.7 Å². The number of carbonyl (C=O) groups is 1. The van der Waals surface area contributed by atoms with E-state index in [4.69, 9.17) is 15.5 Å². The van der Waals surface area contributed by atoms with Gasteiger partial charge in [0.1, 0.15) is 16.9 Å². The fourth-order valence-corrected chi connectivity index (χ4v) is 4.26. The molecule has 84 valence electrons. The van der Waals surface area contributed by atoms with Crippen molar-refractivity contribution >= 4 is 25.3 Å². The summed E-state index contributed by atoms with van der Waals surface area (Å²) in [7, 11) is -4.39.